The van der Waals surface area contributed by atoms with E-state index >= 15 is 0 Å². The van der Waals surface area contributed by atoms with E-state index in [0.29, 0.717) is 17.3 Å². The molecule has 40 heavy (non-hydrogen) atoms. The number of hydrogen-bond acceptors (Lipinski definition) is 4. The normalized spacial score (nSPS) is 16.6. The summed E-state index contributed by atoms with van der Waals surface area (Å²) in [5.41, 5.74) is 5.12. The number of rotatable bonds is 8. The fourth-order valence-corrected chi connectivity index (χ4v) is 5.56. The van der Waals surface area contributed by atoms with E-state index in [1.807, 2.05) is 47.6 Å². The average Bonchev–Trinajstić information content (AvgIpc) is 3.43. The van der Waals surface area contributed by atoms with Crippen molar-refractivity contribution in [3.8, 4) is 5.69 Å². The maximum atomic E-state index is 13.3. The third-order valence-corrected chi connectivity index (χ3v) is 7.40. The number of aromatic nitrogens is 2. The van der Waals surface area contributed by atoms with Crippen LogP contribution >= 0.6 is 12.2 Å². The molecule has 0 radical (unpaired) electrons. The highest BCUT2D eigenvalue weighted by molar-refractivity contribution is 7.80. The Balaban J connectivity index is 1.48. The standard InChI is InChI=1S/C30H28FN5O3S/c1-18-16-24(19(2)36(18)23-7-5-6-20(17-23)29(38)39)28-27(25-8-3-4-14-32-25)34-30(40)35(28)15-13-26(37)33-22-11-9-21(31)10-12-22/h3-12,14,16-17,27-28H,13,15H2,1-2H3,(H,33,37)(H,34,40)(H,38,39)/t27-,28+/m1/s1. The van der Waals surface area contributed by atoms with Crippen LogP contribution in [0.3, 0.4) is 0 Å². The Labute approximate surface area is 236 Å². The van der Waals surface area contributed by atoms with Gasteiger partial charge < -0.3 is 25.2 Å². The highest BCUT2D eigenvalue weighted by Crippen LogP contribution is 2.41. The molecule has 1 fully saturated rings. The number of halogens is 1. The van der Waals surface area contributed by atoms with Crippen LogP contribution in [0.2, 0.25) is 0 Å². The van der Waals surface area contributed by atoms with Gasteiger partial charge in [-0.1, -0.05) is 12.1 Å². The molecule has 1 amide bonds. The number of aryl methyl sites for hydroxylation is 1. The summed E-state index contributed by atoms with van der Waals surface area (Å²) >= 11 is 5.75. The number of nitrogens with one attached hydrogen (secondary N) is 2. The molecule has 3 heterocycles. The molecule has 5 rings (SSSR count). The first-order chi connectivity index (χ1) is 19.2. The quantitative estimate of drug-likeness (QED) is 0.252. The van der Waals surface area contributed by atoms with Crippen LogP contribution in [0.5, 0.6) is 0 Å². The molecule has 0 unspecified atom stereocenters. The first-order valence-electron chi connectivity index (χ1n) is 12.8. The third-order valence-electron chi connectivity index (χ3n) is 7.05. The lowest BCUT2D eigenvalue weighted by molar-refractivity contribution is -0.116. The number of benzene rings is 2. The lowest BCUT2D eigenvalue weighted by Gasteiger charge is -2.28. The molecule has 4 aromatic rings. The second-order valence-corrected chi connectivity index (χ2v) is 10.0. The molecular weight excluding hydrogens is 529 g/mol. The lowest BCUT2D eigenvalue weighted by Crippen LogP contribution is -2.32. The van der Waals surface area contributed by atoms with Crippen molar-refractivity contribution >= 4 is 34.9 Å². The van der Waals surface area contributed by atoms with Crippen molar-refractivity contribution < 1.29 is 19.1 Å². The number of hydrogen-bond donors (Lipinski definition) is 3. The van der Waals surface area contributed by atoms with Crippen LogP contribution in [-0.2, 0) is 4.79 Å². The minimum atomic E-state index is -0.991. The van der Waals surface area contributed by atoms with E-state index in [2.05, 4.69) is 21.7 Å². The SMILES string of the molecule is Cc1cc([C@H]2[C@@H](c3ccccn3)NC(=S)N2CCC(=O)Nc2ccc(F)cc2)c(C)n1-c1cccc(C(=O)O)c1. The van der Waals surface area contributed by atoms with Gasteiger partial charge in [-0.15, -0.1) is 0 Å². The van der Waals surface area contributed by atoms with Gasteiger partial charge in [0.1, 0.15) is 5.82 Å². The minimum absolute atomic E-state index is 0.157. The zero-order valence-corrected chi connectivity index (χ0v) is 22.8. The van der Waals surface area contributed by atoms with E-state index in [0.717, 1.165) is 28.3 Å². The molecule has 3 N–H and O–H groups in total. The van der Waals surface area contributed by atoms with Crippen LogP contribution in [0.25, 0.3) is 5.69 Å². The molecule has 1 aliphatic heterocycles. The van der Waals surface area contributed by atoms with Crippen molar-refractivity contribution in [2.75, 3.05) is 11.9 Å². The molecule has 1 saturated heterocycles. The van der Waals surface area contributed by atoms with Crippen molar-refractivity contribution in [3.05, 3.63) is 113 Å². The summed E-state index contributed by atoms with van der Waals surface area (Å²) < 4.78 is 15.3. The van der Waals surface area contributed by atoms with Crippen LogP contribution in [0.1, 0.15) is 51.5 Å². The van der Waals surface area contributed by atoms with Gasteiger partial charge in [0.2, 0.25) is 5.91 Å². The van der Waals surface area contributed by atoms with E-state index in [1.54, 1.807) is 24.4 Å². The number of nitrogens with zero attached hydrogens (tertiary/aromatic N) is 3. The van der Waals surface area contributed by atoms with Gasteiger partial charge in [-0.25, -0.2) is 9.18 Å². The summed E-state index contributed by atoms with van der Waals surface area (Å²) in [5.74, 6) is -1.58. The summed E-state index contributed by atoms with van der Waals surface area (Å²) in [4.78, 5) is 31.0. The van der Waals surface area contributed by atoms with E-state index < -0.39 is 5.97 Å². The van der Waals surface area contributed by atoms with Crippen LogP contribution in [0.15, 0.2) is 79.0 Å². The highest BCUT2D eigenvalue weighted by atomic mass is 32.1. The molecule has 0 saturated carbocycles. The molecule has 2 atom stereocenters. The van der Waals surface area contributed by atoms with E-state index in [4.69, 9.17) is 12.2 Å². The molecule has 0 aliphatic carbocycles. The number of amides is 1. The van der Waals surface area contributed by atoms with Crippen LogP contribution in [-0.4, -0.2) is 43.1 Å². The summed E-state index contributed by atoms with van der Waals surface area (Å²) in [6.45, 7) is 4.30. The molecule has 0 bridgehead atoms. The van der Waals surface area contributed by atoms with Crippen molar-refractivity contribution in [3.63, 3.8) is 0 Å². The topological polar surface area (TPSA) is 99.5 Å². The Morgan fingerprint density at radius 1 is 1.07 bits per heavy atom. The Bertz CT molecular complexity index is 1570. The summed E-state index contributed by atoms with van der Waals surface area (Å²) in [5, 5.41) is 16.2. The first-order valence-corrected chi connectivity index (χ1v) is 13.2. The molecule has 8 nitrogen and oxygen atoms in total. The molecule has 10 heteroatoms. The van der Waals surface area contributed by atoms with Gasteiger partial charge >= 0.3 is 5.97 Å². The van der Waals surface area contributed by atoms with Crippen LogP contribution < -0.4 is 10.6 Å². The molecule has 2 aromatic heterocycles. The number of carbonyl (C=O) groups is 2. The number of carboxylic acid groups (broad SMARTS) is 1. The lowest BCUT2D eigenvalue weighted by atomic mass is 9.96. The second kappa shape index (κ2) is 11.3. The van der Waals surface area contributed by atoms with Gasteiger partial charge in [0.15, 0.2) is 5.11 Å². The zero-order chi connectivity index (χ0) is 28.4. The maximum Gasteiger partial charge on any atom is 0.335 e. The van der Waals surface area contributed by atoms with Gasteiger partial charge in [-0.2, -0.15) is 0 Å². The van der Waals surface area contributed by atoms with Gasteiger partial charge in [-0.3, -0.25) is 9.78 Å². The Kier molecular flexibility index (Phi) is 7.61. The number of thiocarbonyl (C=S) groups is 1. The van der Waals surface area contributed by atoms with Crippen LogP contribution in [0.4, 0.5) is 10.1 Å². The van der Waals surface area contributed by atoms with E-state index in [1.165, 1.54) is 24.3 Å². The fourth-order valence-electron chi connectivity index (χ4n) is 5.23. The first kappa shape index (κ1) is 27.0. The summed E-state index contributed by atoms with van der Waals surface area (Å²) in [6.07, 6.45) is 1.89. The van der Waals surface area contributed by atoms with Gasteiger partial charge in [0.05, 0.1) is 23.3 Å². The summed E-state index contributed by atoms with van der Waals surface area (Å²) in [6, 6.07) is 19.7. The number of carbonyl (C=O) groups excluding carboxylic acids is 1. The molecule has 1 aliphatic rings. The Morgan fingerprint density at radius 2 is 1.85 bits per heavy atom. The predicted octanol–water partition coefficient (Wildman–Crippen LogP) is 5.33. The number of pyridine rings is 1. The Morgan fingerprint density at radius 3 is 2.55 bits per heavy atom. The van der Waals surface area contributed by atoms with E-state index in [9.17, 15) is 19.1 Å². The van der Waals surface area contributed by atoms with Crippen LogP contribution in [0, 0.1) is 19.7 Å². The number of carboxylic acids is 1. The number of aromatic carboxylic acids is 1. The predicted molar refractivity (Wildman–Crippen MR) is 154 cm³/mol. The monoisotopic (exact) mass is 557 g/mol. The van der Waals surface area contributed by atoms with Gasteiger partial charge in [-0.05, 0) is 92.3 Å². The second-order valence-electron chi connectivity index (χ2n) is 9.64. The zero-order valence-electron chi connectivity index (χ0n) is 22.0. The van der Waals surface area contributed by atoms with Gasteiger partial charge in [0, 0.05) is 41.9 Å². The highest BCUT2D eigenvalue weighted by Gasteiger charge is 2.41. The molecular formula is C30H28FN5O3S. The average molecular weight is 558 g/mol. The Hall–Kier alpha value is -4.57. The van der Waals surface area contributed by atoms with Crippen molar-refractivity contribution in [2.45, 2.75) is 32.4 Å². The molecule has 2 aromatic carbocycles. The van der Waals surface area contributed by atoms with Crippen molar-refractivity contribution in [1.82, 2.24) is 19.8 Å². The van der Waals surface area contributed by atoms with E-state index in [-0.39, 0.29) is 35.8 Å². The largest absolute Gasteiger partial charge is 0.478 e. The number of anilines is 1. The summed E-state index contributed by atoms with van der Waals surface area (Å²) in [7, 11) is 0. The maximum absolute atomic E-state index is 13.3. The van der Waals surface area contributed by atoms with Gasteiger partial charge in [0.25, 0.3) is 0 Å². The molecule has 0 spiro atoms. The minimum Gasteiger partial charge on any atom is -0.478 e. The molecule has 204 valence electrons. The van der Waals surface area contributed by atoms with Crippen molar-refractivity contribution in [1.29, 1.82) is 0 Å². The van der Waals surface area contributed by atoms with Crippen molar-refractivity contribution in [2.24, 2.45) is 0 Å². The smallest absolute Gasteiger partial charge is 0.335 e. The third kappa shape index (κ3) is 5.43. The fraction of sp³-hybridized carbons (Fsp3) is 0.200.